The van der Waals surface area contributed by atoms with Crippen molar-refractivity contribution in [3.05, 3.63) is 58.0 Å². The molecular formula is C24H24ClN5O. The summed E-state index contributed by atoms with van der Waals surface area (Å²) in [4.78, 5) is 19.6. The number of pyridine rings is 1. The zero-order valence-corrected chi connectivity index (χ0v) is 18.2. The van der Waals surface area contributed by atoms with Crippen LogP contribution in [0.1, 0.15) is 50.3 Å². The minimum Gasteiger partial charge on any atom is -0.311 e. The van der Waals surface area contributed by atoms with Gasteiger partial charge in [0.15, 0.2) is 0 Å². The van der Waals surface area contributed by atoms with Gasteiger partial charge < -0.3 is 5.32 Å². The number of amides is 1. The maximum absolute atomic E-state index is 11.4. The number of nitrogens with one attached hydrogen (secondary N) is 1. The Balaban J connectivity index is 1.56. The highest BCUT2D eigenvalue weighted by molar-refractivity contribution is 6.33. The van der Waals surface area contributed by atoms with Gasteiger partial charge in [0, 0.05) is 23.4 Å². The molecule has 7 heteroatoms. The Morgan fingerprint density at radius 1 is 1.23 bits per heavy atom. The first-order valence-electron chi connectivity index (χ1n) is 10.9. The van der Waals surface area contributed by atoms with Gasteiger partial charge in [-0.1, -0.05) is 30.5 Å². The molecular weight excluding hydrogens is 410 g/mol. The number of aromatic nitrogens is 1. The minimum atomic E-state index is -0.119. The second kappa shape index (κ2) is 7.97. The SMILES string of the molecule is [C-]#[N+]c1ccc(N2N=C3c4ccc(NC(C)=O)nc4CCC3C2C2CCCC2)cc1Cl. The predicted octanol–water partition coefficient (Wildman–Crippen LogP) is 5.59. The number of halogens is 1. The number of carbonyl (C=O) groups excluding carboxylic acids is 1. The van der Waals surface area contributed by atoms with Crippen LogP contribution in [0.4, 0.5) is 17.2 Å². The van der Waals surface area contributed by atoms with Crippen LogP contribution in [0.15, 0.2) is 35.4 Å². The fourth-order valence-electron chi connectivity index (χ4n) is 5.40. The van der Waals surface area contributed by atoms with Crippen LogP contribution in [0.25, 0.3) is 4.85 Å². The van der Waals surface area contributed by atoms with Crippen LogP contribution in [-0.4, -0.2) is 22.6 Å². The summed E-state index contributed by atoms with van der Waals surface area (Å²) in [5.41, 5.74) is 4.58. The van der Waals surface area contributed by atoms with Gasteiger partial charge in [-0.2, -0.15) is 5.10 Å². The van der Waals surface area contributed by atoms with E-state index in [1.807, 2.05) is 24.3 Å². The zero-order chi connectivity index (χ0) is 21.5. The maximum Gasteiger partial charge on any atom is 0.222 e. The monoisotopic (exact) mass is 433 g/mol. The van der Waals surface area contributed by atoms with Crippen molar-refractivity contribution >= 4 is 40.4 Å². The van der Waals surface area contributed by atoms with Crippen molar-refractivity contribution in [3.8, 4) is 0 Å². The van der Waals surface area contributed by atoms with Gasteiger partial charge in [-0.25, -0.2) is 9.83 Å². The Morgan fingerprint density at radius 3 is 2.74 bits per heavy atom. The lowest BCUT2D eigenvalue weighted by Crippen LogP contribution is -2.40. The Bertz CT molecular complexity index is 1120. The first-order chi connectivity index (χ1) is 15.0. The van der Waals surface area contributed by atoms with Crippen LogP contribution in [0.2, 0.25) is 5.02 Å². The van der Waals surface area contributed by atoms with Crippen molar-refractivity contribution in [2.75, 3.05) is 10.3 Å². The molecule has 1 N–H and O–H groups in total. The lowest BCUT2D eigenvalue weighted by atomic mass is 9.76. The minimum absolute atomic E-state index is 0.119. The average molecular weight is 434 g/mol. The molecule has 158 valence electrons. The smallest absolute Gasteiger partial charge is 0.222 e. The number of hydrogen-bond donors (Lipinski definition) is 1. The van der Waals surface area contributed by atoms with Crippen LogP contribution < -0.4 is 10.3 Å². The van der Waals surface area contributed by atoms with Gasteiger partial charge >= 0.3 is 0 Å². The van der Waals surface area contributed by atoms with Crippen molar-refractivity contribution in [1.29, 1.82) is 0 Å². The summed E-state index contributed by atoms with van der Waals surface area (Å²) < 4.78 is 0. The molecule has 1 aliphatic heterocycles. The topological polar surface area (TPSA) is 62.0 Å². The van der Waals surface area contributed by atoms with Gasteiger partial charge in [0.05, 0.1) is 29.7 Å². The van der Waals surface area contributed by atoms with E-state index in [0.29, 0.717) is 34.4 Å². The number of carbonyl (C=O) groups is 1. The number of hydrazone groups is 1. The Kier molecular flexibility index (Phi) is 5.15. The van der Waals surface area contributed by atoms with Gasteiger partial charge in [0.25, 0.3) is 0 Å². The number of aryl methyl sites for hydroxylation is 1. The summed E-state index contributed by atoms with van der Waals surface area (Å²) >= 11 is 6.37. The van der Waals surface area contributed by atoms with Crippen LogP contribution in [0.5, 0.6) is 0 Å². The van der Waals surface area contributed by atoms with Crippen LogP contribution in [0, 0.1) is 18.4 Å². The van der Waals surface area contributed by atoms with E-state index in [0.717, 1.165) is 35.5 Å². The highest BCUT2D eigenvalue weighted by Gasteiger charge is 2.45. The van der Waals surface area contributed by atoms with Gasteiger partial charge in [-0.05, 0) is 55.9 Å². The Morgan fingerprint density at radius 2 is 2.03 bits per heavy atom. The molecule has 1 aromatic heterocycles. The van der Waals surface area contributed by atoms with Crippen molar-refractivity contribution < 1.29 is 4.79 Å². The molecule has 1 fully saturated rings. The number of nitrogens with zero attached hydrogens (tertiary/aromatic N) is 4. The molecule has 1 amide bonds. The summed E-state index contributed by atoms with van der Waals surface area (Å²) in [5, 5.41) is 10.5. The van der Waals surface area contributed by atoms with Gasteiger partial charge in [0.2, 0.25) is 11.6 Å². The molecule has 2 aromatic rings. The standard InChI is InChI=1S/C24H24ClN5O/c1-14(31)27-22-12-9-17-20(28-22)11-8-18-23(17)29-30(24(18)15-5-3-4-6-15)16-7-10-21(26-2)19(25)13-16/h7,9-10,12-13,15,18,24H,3-6,8,11H2,1H3,(H,27,28,31). The van der Waals surface area contributed by atoms with Crippen LogP contribution in [0.3, 0.4) is 0 Å². The van der Waals surface area contributed by atoms with Gasteiger partial charge in [-0.3, -0.25) is 9.80 Å². The molecule has 5 rings (SSSR count). The Labute approximate surface area is 187 Å². The van der Waals surface area contributed by atoms with E-state index < -0.39 is 0 Å². The molecule has 1 saturated carbocycles. The summed E-state index contributed by atoms with van der Waals surface area (Å²) in [5.74, 6) is 1.42. The largest absolute Gasteiger partial charge is 0.311 e. The fourth-order valence-corrected chi connectivity index (χ4v) is 5.62. The van der Waals surface area contributed by atoms with Crippen LogP contribution >= 0.6 is 11.6 Å². The van der Waals surface area contributed by atoms with Crippen LogP contribution in [-0.2, 0) is 11.2 Å². The van der Waals surface area contributed by atoms with E-state index in [2.05, 4.69) is 20.2 Å². The molecule has 6 nitrogen and oxygen atoms in total. The number of hydrogen-bond acceptors (Lipinski definition) is 4. The van der Waals surface area contributed by atoms with Crippen molar-refractivity contribution in [2.24, 2.45) is 16.9 Å². The highest BCUT2D eigenvalue weighted by Crippen LogP contribution is 2.45. The predicted molar refractivity (Wildman–Crippen MR) is 123 cm³/mol. The fraction of sp³-hybridized carbons (Fsp3) is 0.417. The normalized spacial score (nSPS) is 22.5. The number of anilines is 2. The molecule has 1 aromatic carbocycles. The number of rotatable bonds is 3. The second-order valence-corrected chi connectivity index (χ2v) is 9.04. The first kappa shape index (κ1) is 20.0. The third-order valence-corrected chi connectivity index (χ3v) is 7.01. The zero-order valence-electron chi connectivity index (χ0n) is 17.4. The van der Waals surface area contributed by atoms with Crippen molar-refractivity contribution in [2.45, 2.75) is 51.5 Å². The molecule has 0 radical (unpaired) electrons. The summed E-state index contributed by atoms with van der Waals surface area (Å²) in [6, 6.07) is 9.82. The molecule has 2 unspecified atom stereocenters. The molecule has 0 saturated heterocycles. The number of benzene rings is 1. The molecule has 0 bridgehead atoms. The van der Waals surface area contributed by atoms with Crippen molar-refractivity contribution in [1.82, 2.24) is 4.98 Å². The van der Waals surface area contributed by atoms with E-state index in [1.54, 1.807) is 6.07 Å². The average Bonchev–Trinajstić information content (AvgIpc) is 3.40. The third kappa shape index (κ3) is 3.57. The van der Waals surface area contributed by atoms with E-state index in [-0.39, 0.29) is 5.91 Å². The molecule has 2 heterocycles. The number of fused-ring (bicyclic) bond motifs is 3. The van der Waals surface area contributed by atoms with Crippen molar-refractivity contribution in [3.63, 3.8) is 0 Å². The second-order valence-electron chi connectivity index (χ2n) is 8.63. The van der Waals surface area contributed by atoms with Gasteiger partial charge in [0.1, 0.15) is 5.82 Å². The quantitative estimate of drug-likeness (QED) is 0.642. The van der Waals surface area contributed by atoms with E-state index in [4.69, 9.17) is 23.3 Å². The summed E-state index contributed by atoms with van der Waals surface area (Å²) in [6.07, 6.45) is 6.86. The van der Waals surface area contributed by atoms with Gasteiger partial charge in [-0.15, -0.1) is 0 Å². The first-order valence-corrected chi connectivity index (χ1v) is 11.3. The van der Waals surface area contributed by atoms with E-state index in [1.165, 1.54) is 32.6 Å². The lowest BCUT2D eigenvalue weighted by molar-refractivity contribution is -0.114. The summed E-state index contributed by atoms with van der Waals surface area (Å²) in [7, 11) is 0. The van der Waals surface area contributed by atoms with E-state index >= 15 is 0 Å². The Hall–Kier alpha value is -2.91. The summed E-state index contributed by atoms with van der Waals surface area (Å²) in [6.45, 7) is 8.77. The molecule has 0 spiro atoms. The third-order valence-electron chi connectivity index (χ3n) is 6.71. The molecule has 2 aliphatic carbocycles. The molecule has 3 aliphatic rings. The highest BCUT2D eigenvalue weighted by atomic mass is 35.5. The molecule has 2 atom stereocenters. The van der Waals surface area contributed by atoms with E-state index in [9.17, 15) is 4.79 Å². The lowest BCUT2D eigenvalue weighted by Gasteiger charge is -2.34. The maximum atomic E-state index is 11.4. The molecule has 31 heavy (non-hydrogen) atoms.